The summed E-state index contributed by atoms with van der Waals surface area (Å²) in [7, 11) is 0. The molecule has 3 unspecified atom stereocenters. The van der Waals surface area contributed by atoms with Gasteiger partial charge in [-0.3, -0.25) is 4.79 Å². The smallest absolute Gasteiger partial charge is 0.315 e. The van der Waals surface area contributed by atoms with Gasteiger partial charge in [0.05, 0.1) is 12.1 Å². The van der Waals surface area contributed by atoms with Crippen LogP contribution in [0.4, 0.5) is 9.93 Å². The molecule has 3 fully saturated rings. The van der Waals surface area contributed by atoms with Gasteiger partial charge in [0.1, 0.15) is 5.01 Å². The lowest BCUT2D eigenvalue weighted by atomic mass is 10.0. The summed E-state index contributed by atoms with van der Waals surface area (Å²) < 4.78 is 0. The van der Waals surface area contributed by atoms with Crippen LogP contribution < -0.4 is 16.0 Å². The fourth-order valence-electron chi connectivity index (χ4n) is 3.24. The molecule has 24 heavy (non-hydrogen) atoms. The molecule has 2 saturated heterocycles. The third-order valence-electron chi connectivity index (χ3n) is 4.69. The molecular weight excluding hydrogens is 346 g/mol. The summed E-state index contributed by atoms with van der Waals surface area (Å²) in [5, 5.41) is 19.1. The number of thioether (sulfide) groups is 1. The number of hydrogen-bond donors (Lipinski definition) is 3. The van der Waals surface area contributed by atoms with Gasteiger partial charge in [-0.25, -0.2) is 4.79 Å². The maximum Gasteiger partial charge on any atom is 0.315 e. The molecule has 3 atom stereocenters. The molecule has 3 heterocycles. The molecule has 3 N–H and O–H groups in total. The minimum absolute atomic E-state index is 0.0151. The van der Waals surface area contributed by atoms with Gasteiger partial charge in [-0.05, 0) is 25.7 Å². The molecule has 9 heteroatoms. The number of nitrogens with zero attached hydrogens (tertiary/aromatic N) is 2. The van der Waals surface area contributed by atoms with Crippen LogP contribution in [0.1, 0.15) is 49.5 Å². The largest absolute Gasteiger partial charge is 0.332 e. The average Bonchev–Trinajstić information content (AvgIpc) is 3.02. The Morgan fingerprint density at radius 3 is 2.96 bits per heavy atom. The molecule has 0 radical (unpaired) electrons. The molecular formula is C15H21N5O2S2. The van der Waals surface area contributed by atoms with Crippen molar-refractivity contribution in [3.05, 3.63) is 5.01 Å². The number of carbonyl (C=O) groups excluding carboxylic acids is 2. The zero-order valence-electron chi connectivity index (χ0n) is 13.3. The van der Waals surface area contributed by atoms with E-state index in [4.69, 9.17) is 0 Å². The van der Waals surface area contributed by atoms with Crippen LogP contribution in [0.3, 0.4) is 0 Å². The molecule has 1 aromatic heterocycles. The van der Waals surface area contributed by atoms with E-state index in [1.807, 2.05) is 11.8 Å². The molecule has 1 aliphatic carbocycles. The highest BCUT2D eigenvalue weighted by molar-refractivity contribution is 8.00. The SMILES string of the molecule is O=C(CCCCC1SCC2NC(=O)NC21)Nc1nnc(C2CC2)s1. The summed E-state index contributed by atoms with van der Waals surface area (Å²) in [6.07, 6.45) is 5.78. The second-order valence-corrected chi connectivity index (χ2v) is 8.92. The van der Waals surface area contributed by atoms with Crippen LogP contribution in [0.2, 0.25) is 0 Å². The van der Waals surface area contributed by atoms with Gasteiger partial charge in [0.2, 0.25) is 11.0 Å². The fraction of sp³-hybridized carbons (Fsp3) is 0.733. The van der Waals surface area contributed by atoms with Gasteiger partial charge in [-0.2, -0.15) is 11.8 Å². The van der Waals surface area contributed by atoms with Gasteiger partial charge in [-0.15, -0.1) is 10.2 Å². The van der Waals surface area contributed by atoms with Crippen LogP contribution in [0.25, 0.3) is 0 Å². The molecule has 7 nitrogen and oxygen atoms in total. The summed E-state index contributed by atoms with van der Waals surface area (Å²) in [5.74, 6) is 1.57. The quantitative estimate of drug-likeness (QED) is 0.506. The monoisotopic (exact) mass is 367 g/mol. The maximum atomic E-state index is 12.0. The van der Waals surface area contributed by atoms with Crippen molar-refractivity contribution >= 4 is 40.2 Å². The molecule has 0 bridgehead atoms. The highest BCUT2D eigenvalue weighted by atomic mass is 32.2. The summed E-state index contributed by atoms with van der Waals surface area (Å²) in [6, 6.07) is 0.477. The van der Waals surface area contributed by atoms with E-state index < -0.39 is 0 Å². The minimum atomic E-state index is -0.0442. The number of hydrogen-bond acceptors (Lipinski definition) is 6. The summed E-state index contributed by atoms with van der Waals surface area (Å²) >= 11 is 3.41. The van der Waals surface area contributed by atoms with Crippen molar-refractivity contribution < 1.29 is 9.59 Å². The molecule has 0 spiro atoms. The highest BCUT2D eigenvalue weighted by Gasteiger charge is 2.42. The number of rotatable bonds is 7. The van der Waals surface area contributed by atoms with E-state index in [1.54, 1.807) is 0 Å². The Labute approximate surface area is 148 Å². The van der Waals surface area contributed by atoms with Crippen molar-refractivity contribution in [2.24, 2.45) is 0 Å². The predicted octanol–water partition coefficient (Wildman–Crippen LogP) is 2.08. The van der Waals surface area contributed by atoms with Crippen LogP contribution in [0.15, 0.2) is 0 Å². The van der Waals surface area contributed by atoms with E-state index in [9.17, 15) is 9.59 Å². The lowest BCUT2D eigenvalue weighted by Crippen LogP contribution is -2.36. The summed E-state index contributed by atoms with van der Waals surface area (Å²) in [6.45, 7) is 0. The second kappa shape index (κ2) is 6.87. The lowest BCUT2D eigenvalue weighted by molar-refractivity contribution is -0.116. The van der Waals surface area contributed by atoms with Crippen molar-refractivity contribution in [1.29, 1.82) is 0 Å². The van der Waals surface area contributed by atoms with Gasteiger partial charge in [0, 0.05) is 23.3 Å². The normalized spacial score (nSPS) is 28.3. The molecule has 3 aliphatic rings. The van der Waals surface area contributed by atoms with E-state index in [2.05, 4.69) is 26.1 Å². The number of anilines is 1. The van der Waals surface area contributed by atoms with Gasteiger partial charge < -0.3 is 16.0 Å². The van der Waals surface area contributed by atoms with Crippen molar-refractivity contribution in [2.45, 2.75) is 61.8 Å². The number of fused-ring (bicyclic) bond motifs is 1. The Bertz CT molecular complexity index is 633. The zero-order chi connectivity index (χ0) is 16.5. The predicted molar refractivity (Wildman–Crippen MR) is 94.5 cm³/mol. The van der Waals surface area contributed by atoms with E-state index in [-0.39, 0.29) is 24.0 Å². The van der Waals surface area contributed by atoms with E-state index in [0.717, 1.165) is 30.0 Å². The third-order valence-corrected chi connectivity index (χ3v) is 7.20. The molecule has 3 amide bonds. The summed E-state index contributed by atoms with van der Waals surface area (Å²) in [5.41, 5.74) is 0. The first kappa shape index (κ1) is 16.1. The maximum absolute atomic E-state index is 12.0. The number of aromatic nitrogens is 2. The lowest BCUT2D eigenvalue weighted by Gasteiger charge is -2.16. The topological polar surface area (TPSA) is 96.0 Å². The van der Waals surface area contributed by atoms with Crippen LogP contribution in [0, 0.1) is 0 Å². The number of urea groups is 1. The van der Waals surface area contributed by atoms with Gasteiger partial charge in [0.25, 0.3) is 0 Å². The van der Waals surface area contributed by atoms with Crippen molar-refractivity contribution in [1.82, 2.24) is 20.8 Å². The fourth-order valence-corrected chi connectivity index (χ4v) is 5.71. The number of nitrogens with one attached hydrogen (secondary N) is 3. The highest BCUT2D eigenvalue weighted by Crippen LogP contribution is 2.42. The Balaban J connectivity index is 1.15. The molecule has 4 rings (SSSR count). The third kappa shape index (κ3) is 3.66. The van der Waals surface area contributed by atoms with Crippen LogP contribution in [0.5, 0.6) is 0 Å². The second-order valence-electron chi connectivity index (χ2n) is 6.64. The van der Waals surface area contributed by atoms with Crippen molar-refractivity contribution in [2.75, 3.05) is 11.1 Å². The standard InChI is InChI=1S/C15H21N5O2S2/c21-11(17-15-20-19-13(24-15)8-5-6-8)4-2-1-3-10-12-9(7-23-10)16-14(22)18-12/h8-10,12H,1-7H2,(H2,16,18,22)(H,17,20,21). The van der Waals surface area contributed by atoms with Gasteiger partial charge in [0.15, 0.2) is 0 Å². The molecule has 0 aromatic carbocycles. The van der Waals surface area contributed by atoms with Crippen LogP contribution >= 0.6 is 23.1 Å². The number of carbonyl (C=O) groups is 2. The Kier molecular flexibility index (Phi) is 4.62. The van der Waals surface area contributed by atoms with Crippen molar-refractivity contribution in [3.8, 4) is 0 Å². The van der Waals surface area contributed by atoms with E-state index >= 15 is 0 Å². The first-order valence-corrected chi connectivity index (χ1v) is 10.4. The van der Waals surface area contributed by atoms with E-state index in [0.29, 0.717) is 22.7 Å². The summed E-state index contributed by atoms with van der Waals surface area (Å²) in [4.78, 5) is 23.3. The van der Waals surface area contributed by atoms with Crippen LogP contribution in [-0.2, 0) is 4.79 Å². The average molecular weight is 368 g/mol. The van der Waals surface area contributed by atoms with Gasteiger partial charge in [-0.1, -0.05) is 17.8 Å². The molecule has 1 aromatic rings. The Morgan fingerprint density at radius 1 is 1.25 bits per heavy atom. The Hall–Kier alpha value is -1.35. The molecule has 130 valence electrons. The zero-order valence-corrected chi connectivity index (χ0v) is 14.9. The Morgan fingerprint density at radius 2 is 2.12 bits per heavy atom. The number of unbranched alkanes of at least 4 members (excludes halogenated alkanes) is 1. The first-order valence-electron chi connectivity index (χ1n) is 8.51. The molecule has 1 saturated carbocycles. The van der Waals surface area contributed by atoms with Crippen LogP contribution in [-0.4, -0.2) is 45.2 Å². The minimum Gasteiger partial charge on any atom is -0.332 e. The number of amides is 3. The van der Waals surface area contributed by atoms with E-state index in [1.165, 1.54) is 24.2 Å². The van der Waals surface area contributed by atoms with Crippen molar-refractivity contribution in [3.63, 3.8) is 0 Å². The molecule has 2 aliphatic heterocycles. The first-order chi connectivity index (χ1) is 11.7. The van der Waals surface area contributed by atoms with Gasteiger partial charge >= 0.3 is 6.03 Å².